The van der Waals surface area contributed by atoms with Crippen LogP contribution in [-0.4, -0.2) is 23.0 Å². The molecule has 1 aromatic heterocycles. The minimum absolute atomic E-state index is 0.0554. The van der Waals surface area contributed by atoms with Gasteiger partial charge in [0.15, 0.2) is 5.82 Å². The molecule has 2 aromatic carbocycles. The number of nitrogens with one attached hydrogen (secondary N) is 1. The second-order valence-electron chi connectivity index (χ2n) is 9.04. The van der Waals surface area contributed by atoms with Gasteiger partial charge in [-0.3, -0.25) is 4.79 Å². The van der Waals surface area contributed by atoms with Crippen LogP contribution in [0.3, 0.4) is 0 Å². The third-order valence-corrected chi connectivity index (χ3v) is 7.26. The zero-order valence-electron chi connectivity index (χ0n) is 18.9. The number of hydrogen-bond donors (Lipinski definition) is 1. The Morgan fingerprint density at radius 1 is 1.09 bits per heavy atom. The molecule has 5 nitrogen and oxygen atoms in total. The lowest BCUT2D eigenvalue weighted by molar-refractivity contribution is -0.115. The molecule has 1 fully saturated rings. The fraction of sp³-hybridized carbons (Fsp3) is 0.370. The van der Waals surface area contributed by atoms with Crippen LogP contribution in [0.25, 0.3) is 11.3 Å². The van der Waals surface area contributed by atoms with E-state index in [-0.39, 0.29) is 5.91 Å². The number of amides is 1. The number of fused-ring (bicyclic) bond motifs is 3. The number of aromatic nitrogens is 2. The van der Waals surface area contributed by atoms with Crippen LogP contribution >= 0.6 is 15.9 Å². The predicted octanol–water partition coefficient (Wildman–Crippen LogP) is 5.93. The Bertz CT molecular complexity index is 1170. The maximum atomic E-state index is 12.9. The van der Waals surface area contributed by atoms with Crippen LogP contribution in [0.5, 0.6) is 5.75 Å². The summed E-state index contributed by atoms with van der Waals surface area (Å²) < 4.78 is 6.42. The minimum Gasteiger partial charge on any atom is -0.497 e. The monoisotopic (exact) mass is 505 g/mol. The predicted molar refractivity (Wildman–Crippen MR) is 134 cm³/mol. The molecule has 0 saturated heterocycles. The molecule has 5 rings (SSSR count). The van der Waals surface area contributed by atoms with Crippen LogP contribution in [0.15, 0.2) is 46.9 Å². The highest BCUT2D eigenvalue weighted by Crippen LogP contribution is 2.36. The van der Waals surface area contributed by atoms with Gasteiger partial charge in [-0.2, -0.15) is 0 Å². The van der Waals surface area contributed by atoms with E-state index in [9.17, 15) is 4.79 Å². The number of ether oxygens (including phenoxy) is 1. The number of benzene rings is 2. The van der Waals surface area contributed by atoms with Crippen molar-refractivity contribution in [2.45, 2.75) is 51.4 Å². The van der Waals surface area contributed by atoms with Gasteiger partial charge in [-0.1, -0.05) is 53.7 Å². The molecular formula is C27H28BrN3O2. The van der Waals surface area contributed by atoms with Gasteiger partial charge in [-0.25, -0.2) is 9.97 Å². The fourth-order valence-corrected chi connectivity index (χ4v) is 5.24. The second-order valence-corrected chi connectivity index (χ2v) is 9.96. The van der Waals surface area contributed by atoms with Crippen LogP contribution in [0.4, 0.5) is 5.82 Å². The Hall–Kier alpha value is -2.73. The van der Waals surface area contributed by atoms with Crippen molar-refractivity contribution in [3.05, 3.63) is 69.5 Å². The molecule has 0 bridgehead atoms. The highest BCUT2D eigenvalue weighted by atomic mass is 79.9. The van der Waals surface area contributed by atoms with Gasteiger partial charge in [0.05, 0.1) is 30.6 Å². The summed E-state index contributed by atoms with van der Waals surface area (Å²) in [7, 11) is 1.70. The molecule has 0 radical (unpaired) electrons. The maximum Gasteiger partial charge on any atom is 0.229 e. The Kier molecular flexibility index (Phi) is 6.45. The van der Waals surface area contributed by atoms with Crippen LogP contribution < -0.4 is 10.1 Å². The van der Waals surface area contributed by atoms with E-state index in [2.05, 4.69) is 33.4 Å². The van der Waals surface area contributed by atoms with E-state index >= 15 is 0 Å². The van der Waals surface area contributed by atoms with Crippen molar-refractivity contribution in [3.8, 4) is 17.0 Å². The highest BCUT2D eigenvalue weighted by Gasteiger charge is 2.25. The molecule has 0 atom stereocenters. The van der Waals surface area contributed by atoms with E-state index in [1.54, 1.807) is 7.11 Å². The van der Waals surface area contributed by atoms with Gasteiger partial charge in [-0.05, 0) is 66.6 Å². The topological polar surface area (TPSA) is 64.1 Å². The van der Waals surface area contributed by atoms with Crippen LogP contribution in [0.1, 0.15) is 48.2 Å². The van der Waals surface area contributed by atoms with Crippen molar-refractivity contribution in [2.24, 2.45) is 5.92 Å². The molecule has 2 aliphatic rings. The number of rotatable bonds is 6. The zero-order chi connectivity index (χ0) is 22.8. The SMILES string of the molecule is COc1ccc2c(c1)CCc1nc(NC(=O)Cc3ccc(Br)cc3)c(CC3CCCC3)nc1-2. The molecule has 0 aliphatic heterocycles. The Morgan fingerprint density at radius 2 is 1.88 bits per heavy atom. The lowest BCUT2D eigenvalue weighted by Crippen LogP contribution is -2.20. The van der Waals surface area contributed by atoms with E-state index in [4.69, 9.17) is 14.7 Å². The van der Waals surface area contributed by atoms with Gasteiger partial charge in [0.1, 0.15) is 5.75 Å². The smallest absolute Gasteiger partial charge is 0.229 e. The number of aryl methyl sites for hydroxylation is 2. The maximum absolute atomic E-state index is 12.9. The van der Waals surface area contributed by atoms with Crippen molar-refractivity contribution < 1.29 is 9.53 Å². The number of hydrogen-bond acceptors (Lipinski definition) is 4. The summed E-state index contributed by atoms with van der Waals surface area (Å²) >= 11 is 3.45. The van der Waals surface area contributed by atoms with Crippen molar-refractivity contribution in [3.63, 3.8) is 0 Å². The lowest BCUT2D eigenvalue weighted by Gasteiger charge is -2.22. The summed E-state index contributed by atoms with van der Waals surface area (Å²) in [4.78, 5) is 23.0. The molecule has 33 heavy (non-hydrogen) atoms. The number of carbonyl (C=O) groups is 1. The van der Waals surface area contributed by atoms with Crippen molar-refractivity contribution >= 4 is 27.7 Å². The largest absolute Gasteiger partial charge is 0.497 e. The molecular weight excluding hydrogens is 478 g/mol. The Labute approximate surface area is 203 Å². The number of halogens is 1. The fourth-order valence-electron chi connectivity index (χ4n) is 4.98. The van der Waals surface area contributed by atoms with Crippen LogP contribution in [0.2, 0.25) is 0 Å². The summed E-state index contributed by atoms with van der Waals surface area (Å²) in [5.41, 5.74) is 6.18. The van der Waals surface area contributed by atoms with Crippen LogP contribution in [0, 0.1) is 5.92 Å². The molecule has 170 valence electrons. The van der Waals surface area contributed by atoms with Crippen molar-refractivity contribution in [1.82, 2.24) is 9.97 Å². The summed E-state index contributed by atoms with van der Waals surface area (Å²) in [5.74, 6) is 2.06. The highest BCUT2D eigenvalue weighted by molar-refractivity contribution is 9.10. The third-order valence-electron chi connectivity index (χ3n) is 6.73. The number of carbonyl (C=O) groups excluding carboxylic acids is 1. The number of methoxy groups -OCH3 is 1. The van der Waals surface area contributed by atoms with Gasteiger partial charge in [-0.15, -0.1) is 0 Å². The van der Waals surface area contributed by atoms with Crippen LogP contribution in [-0.2, 0) is 30.5 Å². The van der Waals surface area contributed by atoms with E-state index in [1.165, 1.54) is 31.2 Å². The van der Waals surface area contributed by atoms with Gasteiger partial charge in [0, 0.05) is 10.0 Å². The number of nitrogens with zero attached hydrogens (tertiary/aromatic N) is 2. The third kappa shape index (κ3) is 4.96. The molecule has 1 amide bonds. The molecule has 6 heteroatoms. The standard InChI is InChI=1S/C27H28BrN3O2/c1-33-21-11-12-22-19(16-21)8-13-23-26(22)29-24(14-17-4-2-3-5-17)27(30-23)31-25(32)15-18-6-9-20(28)10-7-18/h6-7,9-12,16-17H,2-5,8,13-15H2,1H3,(H,30,31,32). The summed E-state index contributed by atoms with van der Waals surface area (Å²) in [6.07, 6.45) is 7.87. The first-order valence-corrected chi connectivity index (χ1v) is 12.5. The van der Waals surface area contributed by atoms with Gasteiger partial charge in [0.2, 0.25) is 5.91 Å². The molecule has 2 aliphatic carbocycles. The quantitative estimate of drug-likeness (QED) is 0.451. The molecule has 0 unspecified atom stereocenters. The first-order valence-electron chi connectivity index (χ1n) is 11.7. The van der Waals surface area contributed by atoms with Crippen molar-refractivity contribution in [1.29, 1.82) is 0 Å². The Morgan fingerprint density at radius 3 is 2.64 bits per heavy atom. The first-order chi connectivity index (χ1) is 16.1. The molecule has 3 aromatic rings. The van der Waals surface area contributed by atoms with Gasteiger partial charge >= 0.3 is 0 Å². The lowest BCUT2D eigenvalue weighted by atomic mass is 9.91. The summed E-state index contributed by atoms with van der Waals surface area (Å²) in [6, 6.07) is 14.0. The van der Waals surface area contributed by atoms with E-state index in [0.29, 0.717) is 18.2 Å². The normalized spacial score (nSPS) is 15.1. The molecule has 0 spiro atoms. The summed E-state index contributed by atoms with van der Waals surface area (Å²) in [5, 5.41) is 3.10. The number of anilines is 1. The summed E-state index contributed by atoms with van der Waals surface area (Å²) in [6.45, 7) is 0. The Balaban J connectivity index is 1.46. The second kappa shape index (κ2) is 9.64. The molecule has 1 N–H and O–H groups in total. The molecule has 1 saturated carbocycles. The van der Waals surface area contributed by atoms with E-state index < -0.39 is 0 Å². The van der Waals surface area contributed by atoms with Gasteiger partial charge < -0.3 is 10.1 Å². The average molecular weight is 506 g/mol. The minimum atomic E-state index is -0.0554. The van der Waals surface area contributed by atoms with Gasteiger partial charge in [0.25, 0.3) is 0 Å². The molecule has 1 heterocycles. The average Bonchev–Trinajstić information content (AvgIpc) is 3.33. The zero-order valence-corrected chi connectivity index (χ0v) is 20.5. The first kappa shape index (κ1) is 22.1. The van der Waals surface area contributed by atoms with Crippen molar-refractivity contribution in [2.75, 3.05) is 12.4 Å². The van der Waals surface area contributed by atoms with E-state index in [0.717, 1.165) is 57.7 Å². The van der Waals surface area contributed by atoms with E-state index in [1.807, 2.05) is 30.3 Å².